The summed E-state index contributed by atoms with van der Waals surface area (Å²) < 4.78 is 55.1. The van der Waals surface area contributed by atoms with E-state index in [2.05, 4.69) is 0 Å². The van der Waals surface area contributed by atoms with Crippen molar-refractivity contribution < 1.29 is 58.7 Å². The molecule has 0 saturated heterocycles. The van der Waals surface area contributed by atoms with Crippen LogP contribution in [0.2, 0.25) is 0 Å². The molecule has 0 aromatic carbocycles. The van der Waals surface area contributed by atoms with Gasteiger partial charge in [0.15, 0.2) is 0 Å². The first kappa shape index (κ1) is 12.2. The summed E-state index contributed by atoms with van der Waals surface area (Å²) in [6, 6.07) is 0. The fraction of sp³-hybridized carbons (Fsp3) is 0. The molecule has 0 spiro atoms. The third kappa shape index (κ3) is 1580. The second-order valence-electron chi connectivity index (χ2n) is 0.697. The molecule has 0 aliphatic carbocycles. The maximum atomic E-state index is 8.81. The average molecular weight is 219 g/mol. The van der Waals surface area contributed by atoms with Crippen molar-refractivity contribution in [3.63, 3.8) is 0 Å². The van der Waals surface area contributed by atoms with Crippen LogP contribution in [0.3, 0.4) is 0 Å². The summed E-state index contributed by atoms with van der Waals surface area (Å²) in [7, 11) is 0. The second kappa shape index (κ2) is 5.27. The molecular weight excluding hydrogens is 215 g/mol. The molecule has 0 saturated carbocycles. The van der Waals surface area contributed by atoms with Crippen LogP contribution in [0.1, 0.15) is 0 Å². The Hall–Kier alpha value is 0.474. The van der Waals surface area contributed by atoms with Crippen LogP contribution in [0, 0.1) is 0 Å². The number of hydrogen-bond donors (Lipinski definition) is 4. The Balaban J connectivity index is 0. The van der Waals surface area contributed by atoms with Crippen LogP contribution in [0.15, 0.2) is 0 Å². The van der Waals surface area contributed by atoms with Gasteiger partial charge >= 0.3 is 58.7 Å². The van der Waals surface area contributed by atoms with Crippen LogP contribution in [0.5, 0.6) is 0 Å². The molecule has 4 N–H and O–H groups in total. The van der Waals surface area contributed by atoms with Gasteiger partial charge in [0.2, 0.25) is 0 Å². The molecule has 0 unspecified atom stereocenters. The molecule has 7 nitrogen and oxygen atoms in total. The van der Waals surface area contributed by atoms with E-state index in [1.165, 1.54) is 0 Å². The van der Waals surface area contributed by atoms with E-state index in [0.717, 1.165) is 0 Å². The summed E-state index contributed by atoms with van der Waals surface area (Å²) >= 11 is -8.71. The first-order valence-corrected chi connectivity index (χ1v) is 5.35. The van der Waals surface area contributed by atoms with Crippen molar-refractivity contribution in [3.8, 4) is 0 Å². The van der Waals surface area contributed by atoms with E-state index in [9.17, 15) is 0 Å². The summed E-state index contributed by atoms with van der Waals surface area (Å²) in [6.45, 7) is 0. The van der Waals surface area contributed by atoms with Crippen molar-refractivity contribution in [2.24, 2.45) is 0 Å². The second-order valence-corrected chi connectivity index (χ2v) is 2.87. The topological polar surface area (TPSA) is 132 Å². The quantitative estimate of drug-likeness (QED) is 0.328. The van der Waals surface area contributed by atoms with Gasteiger partial charge < -0.3 is 0 Å². The van der Waals surface area contributed by atoms with Gasteiger partial charge in [-0.1, -0.05) is 0 Å². The van der Waals surface area contributed by atoms with E-state index in [1.54, 1.807) is 0 Å². The van der Waals surface area contributed by atoms with Crippen molar-refractivity contribution in [1.82, 2.24) is 0 Å². The molecule has 9 heteroatoms. The van der Waals surface area contributed by atoms with Gasteiger partial charge in [-0.3, -0.25) is 0 Å². The van der Waals surface area contributed by atoms with Gasteiger partial charge in [0.05, 0.1) is 0 Å². The molecule has 0 fully saturated rings. The zero-order chi connectivity index (χ0) is 8.08. The van der Waals surface area contributed by atoms with Gasteiger partial charge in [-0.05, 0) is 0 Å². The number of hydrogen-bond acceptors (Lipinski definition) is 3. The SMILES string of the molecule is [O]=[Mn](=[O])([OH])[OH].[O]=[Ti]([OH])[OH]. The van der Waals surface area contributed by atoms with Crippen LogP contribution in [0.4, 0.5) is 0 Å². The molecule has 0 heterocycles. The van der Waals surface area contributed by atoms with E-state index >= 15 is 0 Å². The van der Waals surface area contributed by atoms with Crippen LogP contribution in [0.25, 0.3) is 0 Å². The minimum absolute atomic E-state index is 3.58. The van der Waals surface area contributed by atoms with Crippen molar-refractivity contribution >= 4 is 0 Å². The molecule has 0 aromatic heterocycles. The Morgan fingerprint density at radius 2 is 1.11 bits per heavy atom. The Labute approximate surface area is 58.9 Å². The van der Waals surface area contributed by atoms with Gasteiger partial charge in [-0.15, -0.1) is 0 Å². The van der Waals surface area contributed by atoms with Crippen molar-refractivity contribution in [1.29, 1.82) is 0 Å². The zero-order valence-electron chi connectivity index (χ0n) is 3.89. The van der Waals surface area contributed by atoms with Gasteiger partial charge in [-0.2, -0.15) is 0 Å². The summed E-state index contributed by atoms with van der Waals surface area (Å²) in [5, 5.41) is 0. The van der Waals surface area contributed by atoms with Crippen LogP contribution >= 0.6 is 0 Å². The molecular formula is H4MnO7Ti. The van der Waals surface area contributed by atoms with Gasteiger partial charge in [0, 0.05) is 0 Å². The first-order chi connectivity index (χ1) is 3.73. The molecule has 0 rings (SSSR count). The first-order valence-electron chi connectivity index (χ1n) is 1.30. The predicted molar refractivity (Wildman–Crippen MR) is 10.9 cm³/mol. The van der Waals surface area contributed by atoms with Crippen LogP contribution in [-0.4, -0.2) is 15.8 Å². The molecule has 0 aromatic rings. The van der Waals surface area contributed by atoms with Crippen molar-refractivity contribution in [3.05, 3.63) is 0 Å². The van der Waals surface area contributed by atoms with E-state index in [4.69, 9.17) is 26.7 Å². The zero-order valence-corrected chi connectivity index (χ0v) is 6.63. The van der Waals surface area contributed by atoms with E-state index in [0.29, 0.717) is 0 Å². The molecule has 0 aliphatic heterocycles. The fourth-order valence-corrected chi connectivity index (χ4v) is 0. The van der Waals surface area contributed by atoms with Gasteiger partial charge in [0.25, 0.3) is 0 Å². The molecule has 0 atom stereocenters. The monoisotopic (exact) mass is 219 g/mol. The molecule has 0 bridgehead atoms. The maximum absolute atomic E-state index is 8.81. The summed E-state index contributed by atoms with van der Waals surface area (Å²) in [4.78, 5) is 0. The Bertz CT molecular complexity index is 151. The van der Waals surface area contributed by atoms with Crippen molar-refractivity contribution in [2.75, 3.05) is 0 Å². The molecule has 0 aliphatic rings. The van der Waals surface area contributed by atoms with Gasteiger partial charge in [-0.25, -0.2) is 0 Å². The van der Waals surface area contributed by atoms with Crippen molar-refractivity contribution in [2.45, 2.75) is 0 Å². The molecule has 0 radical (unpaired) electrons. The Morgan fingerprint density at radius 3 is 1.11 bits per heavy atom. The third-order valence-corrected chi connectivity index (χ3v) is 0. The van der Waals surface area contributed by atoms with E-state index < -0.39 is 32.0 Å². The van der Waals surface area contributed by atoms with Crippen LogP contribution in [-0.2, 0) is 43.0 Å². The van der Waals surface area contributed by atoms with E-state index in [1.807, 2.05) is 0 Å². The van der Waals surface area contributed by atoms with E-state index in [-0.39, 0.29) is 0 Å². The Kier molecular flexibility index (Phi) is 7.14. The summed E-state index contributed by atoms with van der Waals surface area (Å²) in [5.41, 5.74) is 0. The molecule has 0 amide bonds. The normalized spacial score (nSPS) is 9.33. The average Bonchev–Trinajstić information content (AvgIpc) is 1.19. The molecule has 57 valence electrons. The summed E-state index contributed by atoms with van der Waals surface area (Å²) in [6.07, 6.45) is 0. The van der Waals surface area contributed by atoms with Gasteiger partial charge in [0.1, 0.15) is 0 Å². The standard InChI is InChI=1S/Mn.4H2O.3O.Ti/h;4*1H2;;;;/q+2;;;;;;;;+2/p-4. The van der Waals surface area contributed by atoms with Crippen LogP contribution < -0.4 is 0 Å². The molecule has 9 heavy (non-hydrogen) atoms. The number of rotatable bonds is 0. The summed E-state index contributed by atoms with van der Waals surface area (Å²) in [5.74, 6) is 0. The third-order valence-electron chi connectivity index (χ3n) is 0. The fourth-order valence-electron chi connectivity index (χ4n) is 0. The minimum atomic E-state index is -5.12. The Morgan fingerprint density at radius 1 is 1.11 bits per heavy atom. The predicted octanol–water partition coefficient (Wildman–Crippen LogP) is -2.59.